The smallest absolute Gasteiger partial charge is 0.241 e. The molecule has 7 atom stereocenters. The summed E-state index contributed by atoms with van der Waals surface area (Å²) in [6, 6.07) is 1.68. The van der Waals surface area contributed by atoms with Gasteiger partial charge in [0.25, 0.3) is 0 Å². The highest BCUT2D eigenvalue weighted by Gasteiger charge is 2.64. The lowest BCUT2D eigenvalue weighted by atomic mass is 9.46. The first-order valence-corrected chi connectivity index (χ1v) is 9.56. The third-order valence-electron chi connectivity index (χ3n) is 8.07. The first-order valence-electron chi connectivity index (χ1n) is 9.56. The Balaban J connectivity index is 1.43. The molecule has 2 unspecified atom stereocenters. The zero-order valence-electron chi connectivity index (χ0n) is 14.3. The Morgan fingerprint density at radius 2 is 1.96 bits per heavy atom. The summed E-state index contributed by atoms with van der Waals surface area (Å²) in [7, 11) is 0. The second-order valence-corrected chi connectivity index (χ2v) is 9.67. The molecule has 5 aliphatic carbocycles. The Morgan fingerprint density at radius 1 is 1.29 bits per heavy atom. The molecular weight excluding hydrogens is 302 g/mol. The number of hydrogen-bond acceptors (Lipinski definition) is 4. The zero-order chi connectivity index (χ0) is 16.9. The van der Waals surface area contributed by atoms with E-state index < -0.39 is 11.6 Å². The van der Waals surface area contributed by atoms with Gasteiger partial charge in [-0.25, -0.2) is 0 Å². The van der Waals surface area contributed by atoms with Crippen molar-refractivity contribution in [1.82, 2.24) is 4.90 Å². The molecule has 130 valence electrons. The van der Waals surface area contributed by atoms with E-state index in [0.717, 1.165) is 32.1 Å². The molecule has 6 rings (SSSR count). The Kier molecular flexibility index (Phi) is 2.86. The van der Waals surface area contributed by atoms with Crippen molar-refractivity contribution in [1.29, 1.82) is 5.26 Å². The van der Waals surface area contributed by atoms with E-state index in [4.69, 9.17) is 5.73 Å². The van der Waals surface area contributed by atoms with Gasteiger partial charge in [-0.3, -0.25) is 4.79 Å². The van der Waals surface area contributed by atoms with Crippen LogP contribution in [0.1, 0.15) is 51.9 Å². The Labute approximate surface area is 143 Å². The van der Waals surface area contributed by atoms with Crippen LogP contribution in [0.4, 0.5) is 0 Å². The number of rotatable bonds is 2. The van der Waals surface area contributed by atoms with Crippen molar-refractivity contribution in [2.24, 2.45) is 34.8 Å². The predicted molar refractivity (Wildman–Crippen MR) is 87.3 cm³/mol. The van der Waals surface area contributed by atoms with Crippen LogP contribution in [0.25, 0.3) is 0 Å². The van der Waals surface area contributed by atoms with Crippen LogP contribution in [0.15, 0.2) is 0 Å². The molecule has 0 spiro atoms. The van der Waals surface area contributed by atoms with Gasteiger partial charge in [0.1, 0.15) is 6.04 Å². The normalized spacial score (nSPS) is 55.2. The van der Waals surface area contributed by atoms with Gasteiger partial charge < -0.3 is 15.7 Å². The number of fused-ring (bicyclic) bond motifs is 1. The molecule has 3 N–H and O–H groups in total. The predicted octanol–water partition coefficient (Wildman–Crippen LogP) is 1.40. The number of piperidine rings is 1. The molecule has 5 heteroatoms. The van der Waals surface area contributed by atoms with Gasteiger partial charge in [0.15, 0.2) is 0 Å². The summed E-state index contributed by atoms with van der Waals surface area (Å²) in [6.07, 6.45) is 6.41. The van der Waals surface area contributed by atoms with Gasteiger partial charge in [-0.15, -0.1) is 0 Å². The van der Waals surface area contributed by atoms with Crippen LogP contribution in [-0.2, 0) is 4.79 Å². The Morgan fingerprint density at radius 3 is 2.54 bits per heavy atom. The average Bonchev–Trinajstić information content (AvgIpc) is 2.96. The molecule has 0 aromatic rings. The van der Waals surface area contributed by atoms with E-state index in [9.17, 15) is 15.2 Å². The number of carbonyl (C=O) groups is 1. The lowest BCUT2D eigenvalue weighted by molar-refractivity contribution is -0.177. The van der Waals surface area contributed by atoms with E-state index in [1.807, 2.05) is 4.90 Å². The van der Waals surface area contributed by atoms with Gasteiger partial charge in [0.05, 0.1) is 17.7 Å². The molecule has 6 aliphatic rings. The number of aliphatic hydroxyl groups is 1. The van der Waals surface area contributed by atoms with Gasteiger partial charge in [-0.05, 0) is 74.0 Å². The second-order valence-electron chi connectivity index (χ2n) is 9.67. The van der Waals surface area contributed by atoms with E-state index in [1.165, 1.54) is 6.42 Å². The quantitative estimate of drug-likeness (QED) is 0.801. The van der Waals surface area contributed by atoms with Crippen LogP contribution in [0.2, 0.25) is 0 Å². The second kappa shape index (κ2) is 4.53. The summed E-state index contributed by atoms with van der Waals surface area (Å²) in [4.78, 5) is 15.1. The molecule has 6 fully saturated rings. The number of hydrogen-bond donors (Lipinski definition) is 2. The topological polar surface area (TPSA) is 90.4 Å². The fraction of sp³-hybridized carbons (Fsp3) is 0.895. The third-order valence-corrected chi connectivity index (χ3v) is 8.07. The van der Waals surface area contributed by atoms with Crippen molar-refractivity contribution in [3.8, 4) is 6.07 Å². The molecule has 1 aliphatic heterocycles. The number of nitrogens with zero attached hydrogens (tertiary/aromatic N) is 2. The van der Waals surface area contributed by atoms with Crippen molar-refractivity contribution in [3.05, 3.63) is 0 Å². The highest BCUT2D eigenvalue weighted by molar-refractivity contribution is 5.84. The van der Waals surface area contributed by atoms with Crippen molar-refractivity contribution >= 4 is 5.91 Å². The SMILES string of the molecule is C[C@H]1[C@H]2C[C@@H](C#N)N(C(=O)[C@@H](N)C34CC5CC(CC(O)(C5)C3)C4)[C@@H]12. The summed E-state index contributed by atoms with van der Waals surface area (Å²) < 4.78 is 0. The molecule has 1 heterocycles. The maximum atomic E-state index is 13.3. The Hall–Kier alpha value is -1.12. The van der Waals surface area contributed by atoms with E-state index in [0.29, 0.717) is 30.1 Å². The zero-order valence-corrected chi connectivity index (χ0v) is 14.3. The molecule has 0 aromatic carbocycles. The molecule has 1 saturated heterocycles. The number of carbonyl (C=O) groups excluding carboxylic acids is 1. The third kappa shape index (κ3) is 1.84. The van der Waals surface area contributed by atoms with Crippen LogP contribution in [-0.4, -0.2) is 39.6 Å². The summed E-state index contributed by atoms with van der Waals surface area (Å²) in [5.74, 6) is 2.02. The van der Waals surface area contributed by atoms with Crippen LogP contribution < -0.4 is 5.73 Å². The van der Waals surface area contributed by atoms with Crippen molar-refractivity contribution < 1.29 is 9.90 Å². The highest BCUT2D eigenvalue weighted by Crippen LogP contribution is 2.63. The summed E-state index contributed by atoms with van der Waals surface area (Å²) in [5, 5.41) is 20.4. The molecule has 4 bridgehead atoms. The molecule has 5 saturated carbocycles. The van der Waals surface area contributed by atoms with Crippen LogP contribution in [0.5, 0.6) is 0 Å². The molecular formula is C19H27N3O2. The standard InChI is InChI=1S/C19H27N3O2/c1-10-14-3-13(8-20)22(15(10)14)17(23)16(21)18-4-11-2-12(5-18)7-19(24,6-11)9-18/h10-16,24H,2-7,9,21H2,1H3/t10-,11?,12?,13-,14+,15-,16+,18?,19?/m0/s1. The van der Waals surface area contributed by atoms with E-state index >= 15 is 0 Å². The highest BCUT2D eigenvalue weighted by atomic mass is 16.3. The van der Waals surface area contributed by atoms with Gasteiger partial charge in [-0.1, -0.05) is 6.92 Å². The van der Waals surface area contributed by atoms with E-state index in [1.54, 1.807) is 0 Å². The minimum Gasteiger partial charge on any atom is -0.390 e. The molecule has 5 nitrogen and oxygen atoms in total. The van der Waals surface area contributed by atoms with E-state index in [2.05, 4.69) is 13.0 Å². The number of amides is 1. The largest absolute Gasteiger partial charge is 0.390 e. The minimum absolute atomic E-state index is 0.0241. The first kappa shape index (κ1) is 15.2. The van der Waals surface area contributed by atoms with Crippen molar-refractivity contribution in [3.63, 3.8) is 0 Å². The molecule has 24 heavy (non-hydrogen) atoms. The lowest BCUT2D eigenvalue weighted by Gasteiger charge is -2.61. The van der Waals surface area contributed by atoms with Crippen LogP contribution >= 0.6 is 0 Å². The number of likely N-dealkylation sites (tertiary alicyclic amines) is 1. The summed E-state index contributed by atoms with van der Waals surface area (Å²) in [6.45, 7) is 2.17. The van der Waals surface area contributed by atoms with Crippen LogP contribution in [0, 0.1) is 40.4 Å². The van der Waals surface area contributed by atoms with Crippen molar-refractivity contribution in [2.45, 2.75) is 75.6 Å². The maximum Gasteiger partial charge on any atom is 0.241 e. The molecule has 1 amide bonds. The lowest BCUT2D eigenvalue weighted by Crippen LogP contribution is -2.65. The average molecular weight is 329 g/mol. The molecule has 0 aromatic heterocycles. The van der Waals surface area contributed by atoms with Crippen LogP contribution in [0.3, 0.4) is 0 Å². The Bertz CT molecular complexity index is 627. The first-order chi connectivity index (χ1) is 11.4. The van der Waals surface area contributed by atoms with Gasteiger partial charge in [0.2, 0.25) is 5.91 Å². The van der Waals surface area contributed by atoms with Gasteiger partial charge in [-0.2, -0.15) is 5.26 Å². The number of nitrogens with two attached hydrogens (primary N) is 1. The monoisotopic (exact) mass is 329 g/mol. The fourth-order valence-corrected chi connectivity index (χ4v) is 7.40. The van der Waals surface area contributed by atoms with Crippen molar-refractivity contribution in [2.75, 3.05) is 0 Å². The van der Waals surface area contributed by atoms with Gasteiger partial charge >= 0.3 is 0 Å². The summed E-state index contributed by atoms with van der Waals surface area (Å²) >= 11 is 0. The van der Waals surface area contributed by atoms with Gasteiger partial charge in [0, 0.05) is 6.04 Å². The fourth-order valence-electron chi connectivity index (χ4n) is 7.40. The summed E-state index contributed by atoms with van der Waals surface area (Å²) in [5.41, 5.74) is 5.74. The number of nitriles is 1. The maximum absolute atomic E-state index is 13.3. The van der Waals surface area contributed by atoms with E-state index in [-0.39, 0.29) is 23.4 Å². The molecule has 0 radical (unpaired) electrons. The minimum atomic E-state index is -0.600.